The number of carbonyl (C=O) groups excluding carboxylic acids is 1. The summed E-state index contributed by atoms with van der Waals surface area (Å²) < 4.78 is 37.1. The number of esters is 1. The number of carbonyl (C=O) groups is 1. The van der Waals surface area contributed by atoms with Gasteiger partial charge < -0.3 is 9.47 Å². The van der Waals surface area contributed by atoms with Crippen molar-refractivity contribution in [2.24, 2.45) is 5.92 Å². The van der Waals surface area contributed by atoms with E-state index in [-0.39, 0.29) is 6.04 Å². The van der Waals surface area contributed by atoms with E-state index < -0.39 is 27.2 Å². The number of hydrogen-bond donors (Lipinski definition) is 0. The van der Waals surface area contributed by atoms with E-state index in [9.17, 15) is 13.2 Å². The van der Waals surface area contributed by atoms with Crippen LogP contribution in [0, 0.1) is 5.92 Å². The second-order valence-corrected chi connectivity index (χ2v) is 7.61. The van der Waals surface area contributed by atoms with Crippen LogP contribution in [0.25, 0.3) is 0 Å². The average Bonchev–Trinajstić information content (AvgIpc) is 2.96. The lowest BCUT2D eigenvalue weighted by Crippen LogP contribution is -2.47. The lowest BCUT2D eigenvalue weighted by Gasteiger charge is -2.31. The molecule has 124 valence electrons. The minimum Gasteiger partial charge on any atom is -0.469 e. The Balaban J connectivity index is 3.01. The molecular formula is C14H27NO5S. The molecule has 1 rings (SSSR count). The van der Waals surface area contributed by atoms with Crippen molar-refractivity contribution < 1.29 is 22.7 Å². The van der Waals surface area contributed by atoms with E-state index in [0.29, 0.717) is 26.0 Å². The molecule has 21 heavy (non-hydrogen) atoms. The first-order valence-electron chi connectivity index (χ1n) is 7.47. The van der Waals surface area contributed by atoms with E-state index >= 15 is 0 Å². The molecule has 3 unspecified atom stereocenters. The van der Waals surface area contributed by atoms with Gasteiger partial charge in [-0.05, 0) is 26.2 Å². The maximum Gasteiger partial charge on any atom is 0.310 e. The molecule has 0 aromatic carbocycles. The van der Waals surface area contributed by atoms with Gasteiger partial charge in [-0.1, -0.05) is 13.3 Å². The van der Waals surface area contributed by atoms with Crippen LogP contribution in [0.1, 0.15) is 39.5 Å². The SMILES string of the molecule is CCC(C)N(CCOC)S(=O)(=O)C1CCCC1C(=O)OC. The molecule has 0 aromatic rings. The Bertz CT molecular complexity index is 437. The van der Waals surface area contributed by atoms with Gasteiger partial charge in [0.15, 0.2) is 0 Å². The van der Waals surface area contributed by atoms with E-state index in [2.05, 4.69) is 0 Å². The molecule has 0 spiro atoms. The van der Waals surface area contributed by atoms with Gasteiger partial charge in [-0.25, -0.2) is 8.42 Å². The van der Waals surface area contributed by atoms with Crippen molar-refractivity contribution in [3.63, 3.8) is 0 Å². The first kappa shape index (κ1) is 18.4. The molecule has 0 aromatic heterocycles. The van der Waals surface area contributed by atoms with Crippen LogP contribution in [0.15, 0.2) is 0 Å². The summed E-state index contributed by atoms with van der Waals surface area (Å²) in [4.78, 5) is 11.8. The largest absolute Gasteiger partial charge is 0.469 e. The van der Waals surface area contributed by atoms with Gasteiger partial charge in [0.1, 0.15) is 0 Å². The summed E-state index contributed by atoms with van der Waals surface area (Å²) in [6.45, 7) is 4.50. The fourth-order valence-electron chi connectivity index (χ4n) is 2.86. The highest BCUT2D eigenvalue weighted by atomic mass is 32.2. The topological polar surface area (TPSA) is 72.9 Å². The average molecular weight is 321 g/mol. The molecule has 0 saturated heterocycles. The molecule has 0 heterocycles. The van der Waals surface area contributed by atoms with E-state index in [4.69, 9.17) is 9.47 Å². The van der Waals surface area contributed by atoms with Crippen LogP contribution in [-0.2, 0) is 24.3 Å². The summed E-state index contributed by atoms with van der Waals surface area (Å²) in [6.07, 6.45) is 2.55. The zero-order chi connectivity index (χ0) is 16.0. The first-order valence-corrected chi connectivity index (χ1v) is 8.97. The summed E-state index contributed by atoms with van der Waals surface area (Å²) >= 11 is 0. The zero-order valence-corrected chi connectivity index (χ0v) is 14.2. The molecule has 0 N–H and O–H groups in total. The molecule has 1 aliphatic rings. The Labute approximate surface area is 127 Å². The molecule has 7 heteroatoms. The number of methoxy groups -OCH3 is 2. The maximum absolute atomic E-state index is 12.9. The molecule has 0 amide bonds. The predicted octanol–water partition coefficient (Wildman–Crippen LogP) is 1.40. The fraction of sp³-hybridized carbons (Fsp3) is 0.929. The van der Waals surface area contributed by atoms with E-state index in [0.717, 1.165) is 12.8 Å². The standard InChI is InChI=1S/C14H27NO5S/c1-5-11(2)15(9-10-19-3)21(17,18)13-8-6-7-12(13)14(16)20-4/h11-13H,5-10H2,1-4H3. The highest BCUT2D eigenvalue weighted by Crippen LogP contribution is 2.34. The maximum atomic E-state index is 12.9. The molecule has 0 radical (unpaired) electrons. The number of hydrogen-bond acceptors (Lipinski definition) is 5. The number of sulfonamides is 1. The lowest BCUT2D eigenvalue weighted by molar-refractivity contribution is -0.145. The molecular weight excluding hydrogens is 294 g/mol. The van der Waals surface area contributed by atoms with Gasteiger partial charge in [-0.2, -0.15) is 4.31 Å². The summed E-state index contributed by atoms with van der Waals surface area (Å²) in [6, 6.07) is -0.107. The van der Waals surface area contributed by atoms with Gasteiger partial charge in [0.05, 0.1) is 24.9 Å². The van der Waals surface area contributed by atoms with E-state index in [1.165, 1.54) is 11.4 Å². The second-order valence-electron chi connectivity index (χ2n) is 5.50. The van der Waals surface area contributed by atoms with Gasteiger partial charge in [0, 0.05) is 19.7 Å². The third-order valence-corrected chi connectivity index (χ3v) is 6.79. The third kappa shape index (κ3) is 4.17. The van der Waals surface area contributed by atoms with Crippen molar-refractivity contribution in [1.82, 2.24) is 4.31 Å². The fourth-order valence-corrected chi connectivity index (χ4v) is 5.32. The van der Waals surface area contributed by atoms with Crippen LogP contribution in [-0.4, -0.2) is 57.4 Å². The molecule has 6 nitrogen and oxygen atoms in total. The highest BCUT2D eigenvalue weighted by Gasteiger charge is 2.45. The minimum absolute atomic E-state index is 0.107. The quantitative estimate of drug-likeness (QED) is 0.632. The van der Waals surface area contributed by atoms with Crippen molar-refractivity contribution in [3.05, 3.63) is 0 Å². The van der Waals surface area contributed by atoms with Gasteiger partial charge >= 0.3 is 5.97 Å². The van der Waals surface area contributed by atoms with Crippen LogP contribution in [0.3, 0.4) is 0 Å². The summed E-state index contributed by atoms with van der Waals surface area (Å²) in [5.41, 5.74) is 0. The van der Waals surface area contributed by atoms with Crippen LogP contribution in [0.4, 0.5) is 0 Å². The van der Waals surface area contributed by atoms with Gasteiger partial charge in [-0.15, -0.1) is 0 Å². The van der Waals surface area contributed by atoms with Crippen molar-refractivity contribution in [2.45, 2.75) is 50.8 Å². The van der Waals surface area contributed by atoms with Crippen molar-refractivity contribution in [3.8, 4) is 0 Å². The molecule has 1 aliphatic carbocycles. The molecule has 1 fully saturated rings. The molecule has 0 aliphatic heterocycles. The van der Waals surface area contributed by atoms with Gasteiger partial charge in [0.2, 0.25) is 10.0 Å². The summed E-state index contributed by atoms with van der Waals surface area (Å²) in [7, 11) is -0.679. The van der Waals surface area contributed by atoms with E-state index in [1.807, 2.05) is 13.8 Å². The Hall–Kier alpha value is -0.660. The Morgan fingerprint density at radius 3 is 2.52 bits per heavy atom. The number of nitrogens with zero attached hydrogens (tertiary/aromatic N) is 1. The smallest absolute Gasteiger partial charge is 0.310 e. The predicted molar refractivity (Wildman–Crippen MR) is 80.4 cm³/mol. The van der Waals surface area contributed by atoms with Crippen molar-refractivity contribution in [2.75, 3.05) is 27.4 Å². The van der Waals surface area contributed by atoms with Crippen LogP contribution < -0.4 is 0 Å². The van der Waals surface area contributed by atoms with E-state index in [1.54, 1.807) is 7.11 Å². The number of rotatable bonds is 8. The monoisotopic (exact) mass is 321 g/mol. The van der Waals surface area contributed by atoms with Crippen LogP contribution in [0.5, 0.6) is 0 Å². The Morgan fingerprint density at radius 2 is 2.00 bits per heavy atom. The van der Waals surface area contributed by atoms with Crippen molar-refractivity contribution >= 4 is 16.0 Å². The minimum atomic E-state index is -3.54. The first-order chi connectivity index (χ1) is 9.89. The summed E-state index contributed by atoms with van der Waals surface area (Å²) in [5.74, 6) is -0.967. The zero-order valence-electron chi connectivity index (χ0n) is 13.4. The molecule has 1 saturated carbocycles. The molecule has 3 atom stereocenters. The highest BCUT2D eigenvalue weighted by molar-refractivity contribution is 7.89. The lowest BCUT2D eigenvalue weighted by atomic mass is 10.1. The Kier molecular flexibility index (Phi) is 7.09. The second kappa shape index (κ2) is 8.10. The summed E-state index contributed by atoms with van der Waals surface area (Å²) in [5, 5.41) is -0.671. The molecule has 0 bridgehead atoms. The Morgan fingerprint density at radius 1 is 1.33 bits per heavy atom. The van der Waals surface area contributed by atoms with Crippen molar-refractivity contribution in [1.29, 1.82) is 0 Å². The normalized spacial score (nSPS) is 24.2. The third-order valence-electron chi connectivity index (χ3n) is 4.26. The van der Waals surface area contributed by atoms with Crippen LogP contribution >= 0.6 is 0 Å². The van der Waals surface area contributed by atoms with Gasteiger partial charge in [0.25, 0.3) is 0 Å². The van der Waals surface area contributed by atoms with Crippen LogP contribution in [0.2, 0.25) is 0 Å². The van der Waals surface area contributed by atoms with Gasteiger partial charge in [-0.3, -0.25) is 4.79 Å². The number of ether oxygens (including phenoxy) is 2.